The number of aromatic nitrogens is 2. The van der Waals surface area contributed by atoms with Crippen LogP contribution in [0.1, 0.15) is 20.1 Å². The summed E-state index contributed by atoms with van der Waals surface area (Å²) in [5.74, 6) is -1.98. The van der Waals surface area contributed by atoms with Gasteiger partial charge in [-0.25, -0.2) is 9.18 Å². The van der Waals surface area contributed by atoms with Crippen LogP contribution in [-0.2, 0) is 14.2 Å². The van der Waals surface area contributed by atoms with Gasteiger partial charge in [0, 0.05) is 4.43 Å². The van der Waals surface area contributed by atoms with Gasteiger partial charge in [0.25, 0.3) is 0 Å². The molecule has 3 rings (SSSR count). The summed E-state index contributed by atoms with van der Waals surface area (Å²) in [5, 5.41) is 0. The monoisotopic (exact) mass is 411 g/mol. The first-order valence-corrected chi connectivity index (χ1v) is 7.96. The van der Waals surface area contributed by atoms with Crippen LogP contribution < -0.4 is 11.4 Å². The molecular weight excluding hydrogens is 396 g/mol. The molecule has 0 radical (unpaired) electrons. The lowest BCUT2D eigenvalue weighted by molar-refractivity contribution is -0.194. The van der Waals surface area contributed by atoms with Crippen molar-refractivity contribution in [3.05, 3.63) is 22.5 Å². The van der Waals surface area contributed by atoms with E-state index in [1.165, 1.54) is 0 Å². The maximum Gasteiger partial charge on any atom is 0.351 e. The van der Waals surface area contributed by atoms with Crippen LogP contribution in [0.2, 0.25) is 0 Å². The number of anilines is 1. The third kappa shape index (κ3) is 2.56. The fraction of sp³-hybridized carbons (Fsp3) is 0.667. The lowest BCUT2D eigenvalue weighted by atomic mass is 10.1. The standard InChI is InChI=1S/C12H15FIN3O4/c1-12(2)20-7-6(3-14)19-10(8(7)21-12)17-4-5(13)9(15)16-11(17)18/h4,6-8,10H,3H2,1-2H3,(H2,15,16,18)/t6-,7-,8+,10-/m1/s1. The van der Waals surface area contributed by atoms with E-state index in [4.69, 9.17) is 19.9 Å². The van der Waals surface area contributed by atoms with Crippen LogP contribution in [0.15, 0.2) is 11.0 Å². The van der Waals surface area contributed by atoms with E-state index in [1.807, 2.05) is 0 Å². The van der Waals surface area contributed by atoms with Crippen molar-refractivity contribution in [2.45, 2.75) is 44.2 Å². The molecule has 1 aromatic rings. The molecule has 2 saturated heterocycles. The van der Waals surface area contributed by atoms with E-state index in [0.29, 0.717) is 4.43 Å². The zero-order valence-corrected chi connectivity index (χ0v) is 13.6. The molecule has 0 aromatic carbocycles. The predicted molar refractivity (Wildman–Crippen MR) is 79.5 cm³/mol. The Hall–Kier alpha value is -0.780. The second-order valence-corrected chi connectivity index (χ2v) is 6.33. The number of nitrogens with two attached hydrogens (primary N) is 1. The zero-order valence-electron chi connectivity index (χ0n) is 11.5. The maximum atomic E-state index is 13.6. The highest BCUT2D eigenvalue weighted by Crippen LogP contribution is 2.43. The van der Waals surface area contributed by atoms with Gasteiger partial charge in [-0.15, -0.1) is 0 Å². The fourth-order valence-electron chi connectivity index (χ4n) is 2.65. The van der Waals surface area contributed by atoms with Gasteiger partial charge in [-0.05, 0) is 13.8 Å². The molecule has 0 aliphatic carbocycles. The lowest BCUT2D eigenvalue weighted by Gasteiger charge is -2.24. The number of hydrogen-bond acceptors (Lipinski definition) is 6. The van der Waals surface area contributed by atoms with Crippen LogP contribution in [0.4, 0.5) is 10.2 Å². The highest BCUT2D eigenvalue weighted by molar-refractivity contribution is 14.1. The minimum absolute atomic E-state index is 0.241. The highest BCUT2D eigenvalue weighted by atomic mass is 127. The summed E-state index contributed by atoms with van der Waals surface area (Å²) in [7, 11) is 0. The summed E-state index contributed by atoms with van der Waals surface area (Å²) >= 11 is 2.17. The molecule has 2 aliphatic rings. The molecule has 2 fully saturated rings. The van der Waals surface area contributed by atoms with E-state index in [-0.39, 0.29) is 12.2 Å². The highest BCUT2D eigenvalue weighted by Gasteiger charge is 2.55. The Morgan fingerprint density at radius 2 is 2.14 bits per heavy atom. The van der Waals surface area contributed by atoms with Crippen molar-refractivity contribution < 1.29 is 18.6 Å². The van der Waals surface area contributed by atoms with Crippen LogP contribution in [0.25, 0.3) is 0 Å². The summed E-state index contributed by atoms with van der Waals surface area (Å²) in [6.45, 7) is 3.58. The Labute approximate surface area is 133 Å². The van der Waals surface area contributed by atoms with Crippen molar-refractivity contribution in [2.75, 3.05) is 10.2 Å². The molecule has 0 unspecified atom stereocenters. The second-order valence-electron chi connectivity index (χ2n) is 5.45. The van der Waals surface area contributed by atoms with Crippen LogP contribution in [0.5, 0.6) is 0 Å². The van der Waals surface area contributed by atoms with Gasteiger partial charge in [-0.2, -0.15) is 4.98 Å². The largest absolute Gasteiger partial charge is 0.381 e. The molecule has 0 saturated carbocycles. The molecule has 1 aromatic heterocycles. The fourth-order valence-corrected chi connectivity index (χ4v) is 3.36. The van der Waals surface area contributed by atoms with Crippen LogP contribution >= 0.6 is 22.6 Å². The Bertz CT molecular complexity index is 623. The van der Waals surface area contributed by atoms with Crippen molar-refractivity contribution in [3.8, 4) is 0 Å². The van der Waals surface area contributed by atoms with E-state index >= 15 is 0 Å². The maximum absolute atomic E-state index is 13.6. The molecule has 0 bridgehead atoms. The van der Waals surface area contributed by atoms with E-state index < -0.39 is 35.4 Å². The first-order valence-electron chi connectivity index (χ1n) is 6.43. The summed E-state index contributed by atoms with van der Waals surface area (Å²) < 4.78 is 32.8. The van der Waals surface area contributed by atoms with Crippen LogP contribution in [-0.4, -0.2) is 38.1 Å². The van der Waals surface area contributed by atoms with Gasteiger partial charge >= 0.3 is 5.69 Å². The number of halogens is 2. The average molecular weight is 411 g/mol. The molecule has 4 atom stereocenters. The first-order chi connectivity index (χ1) is 9.82. The third-order valence-electron chi connectivity index (χ3n) is 3.49. The van der Waals surface area contributed by atoms with E-state index in [9.17, 15) is 9.18 Å². The topological polar surface area (TPSA) is 88.6 Å². The average Bonchev–Trinajstić information content (AvgIpc) is 2.87. The Morgan fingerprint density at radius 3 is 2.81 bits per heavy atom. The molecule has 9 heteroatoms. The van der Waals surface area contributed by atoms with Crippen molar-refractivity contribution in [3.63, 3.8) is 0 Å². The van der Waals surface area contributed by atoms with Crippen molar-refractivity contribution in [1.82, 2.24) is 9.55 Å². The molecule has 21 heavy (non-hydrogen) atoms. The minimum atomic E-state index is -0.786. The molecular formula is C12H15FIN3O4. The molecule has 2 aliphatic heterocycles. The predicted octanol–water partition coefficient (Wildman–Crippen LogP) is 0.817. The van der Waals surface area contributed by atoms with E-state index in [0.717, 1.165) is 10.8 Å². The molecule has 3 heterocycles. The number of ether oxygens (including phenoxy) is 3. The van der Waals surface area contributed by atoms with Gasteiger partial charge in [0.1, 0.15) is 12.2 Å². The quantitative estimate of drug-likeness (QED) is 0.573. The molecule has 2 N–H and O–H groups in total. The third-order valence-corrected chi connectivity index (χ3v) is 4.35. The second kappa shape index (κ2) is 5.14. The van der Waals surface area contributed by atoms with Crippen molar-refractivity contribution >= 4 is 28.4 Å². The van der Waals surface area contributed by atoms with Crippen LogP contribution in [0.3, 0.4) is 0 Å². The molecule has 116 valence electrons. The van der Waals surface area contributed by atoms with Crippen molar-refractivity contribution in [1.29, 1.82) is 0 Å². The SMILES string of the molecule is CC1(C)O[C@H]2[C@H](O1)[C@@H](CI)O[C@H]2n1cc(F)c(N)nc1=O. The smallest absolute Gasteiger partial charge is 0.351 e. The van der Waals surface area contributed by atoms with Crippen LogP contribution in [0, 0.1) is 5.82 Å². The number of hydrogen-bond donors (Lipinski definition) is 1. The Balaban J connectivity index is 1.99. The van der Waals surface area contributed by atoms with Gasteiger partial charge in [0.05, 0.1) is 12.3 Å². The number of nitrogen functional groups attached to an aromatic ring is 1. The molecule has 0 amide bonds. The summed E-state index contributed by atoms with van der Waals surface area (Å²) in [4.78, 5) is 15.4. The van der Waals surface area contributed by atoms with Gasteiger partial charge in [-0.3, -0.25) is 4.57 Å². The normalized spacial score (nSPS) is 34.1. The van der Waals surface area contributed by atoms with Crippen molar-refractivity contribution in [2.24, 2.45) is 0 Å². The van der Waals surface area contributed by atoms with E-state index in [1.54, 1.807) is 13.8 Å². The van der Waals surface area contributed by atoms with Gasteiger partial charge in [0.15, 0.2) is 23.7 Å². The first kappa shape index (κ1) is 15.1. The zero-order chi connectivity index (χ0) is 15.4. The van der Waals surface area contributed by atoms with Gasteiger partial charge < -0.3 is 19.9 Å². The Kier molecular flexibility index (Phi) is 3.71. The van der Waals surface area contributed by atoms with Gasteiger partial charge in [0.2, 0.25) is 0 Å². The summed E-state index contributed by atoms with van der Waals surface area (Å²) in [5.41, 5.74) is 4.61. The summed E-state index contributed by atoms with van der Waals surface area (Å²) in [6.07, 6.45) is -0.838. The molecule has 0 spiro atoms. The van der Waals surface area contributed by atoms with E-state index in [2.05, 4.69) is 27.6 Å². The van der Waals surface area contributed by atoms with Gasteiger partial charge in [-0.1, -0.05) is 22.6 Å². The summed E-state index contributed by atoms with van der Waals surface area (Å²) in [6, 6.07) is 0. The number of nitrogens with zero attached hydrogens (tertiary/aromatic N) is 2. The Morgan fingerprint density at radius 1 is 1.48 bits per heavy atom. The number of fused-ring (bicyclic) bond motifs is 1. The lowest BCUT2D eigenvalue weighted by Crippen LogP contribution is -2.35. The minimum Gasteiger partial charge on any atom is -0.381 e. The number of alkyl halides is 1. The molecule has 7 nitrogen and oxygen atoms in total. The number of rotatable bonds is 2.